The summed E-state index contributed by atoms with van der Waals surface area (Å²) in [6.45, 7) is 5.80. The number of hydrogen-bond acceptors (Lipinski definition) is 6. The number of piperidine rings is 1. The zero-order valence-corrected chi connectivity index (χ0v) is 19.6. The van der Waals surface area contributed by atoms with Gasteiger partial charge in [0, 0.05) is 42.1 Å². The van der Waals surface area contributed by atoms with Gasteiger partial charge in [-0.3, -0.25) is 9.59 Å². The quantitative estimate of drug-likeness (QED) is 0.486. The predicted molar refractivity (Wildman–Crippen MR) is 125 cm³/mol. The lowest BCUT2D eigenvalue weighted by Gasteiger charge is -2.31. The van der Waals surface area contributed by atoms with E-state index in [-0.39, 0.29) is 17.5 Å². The molecule has 6 nitrogen and oxygen atoms in total. The largest absolute Gasteiger partial charge is 0.356 e. The molecule has 1 fully saturated rings. The van der Waals surface area contributed by atoms with Gasteiger partial charge >= 0.3 is 0 Å². The summed E-state index contributed by atoms with van der Waals surface area (Å²) in [4.78, 5) is 30.6. The van der Waals surface area contributed by atoms with Gasteiger partial charge in [-0.25, -0.2) is 4.39 Å². The molecule has 0 aliphatic carbocycles. The van der Waals surface area contributed by atoms with Gasteiger partial charge in [0.1, 0.15) is 5.82 Å². The highest BCUT2D eigenvalue weighted by molar-refractivity contribution is 7.14. The molecule has 0 spiro atoms. The van der Waals surface area contributed by atoms with Crippen LogP contribution in [0.4, 0.5) is 4.39 Å². The molecule has 33 heavy (non-hydrogen) atoms. The molecule has 0 bridgehead atoms. The number of ketones is 1. The third-order valence-corrected chi connectivity index (χ3v) is 8.12. The molecular formula is C25H28FN3O3S. The molecule has 0 atom stereocenters. The van der Waals surface area contributed by atoms with Gasteiger partial charge in [-0.1, -0.05) is 5.16 Å². The van der Waals surface area contributed by atoms with Crippen LogP contribution in [-0.4, -0.2) is 52.8 Å². The van der Waals surface area contributed by atoms with Crippen molar-refractivity contribution in [3.8, 4) is 0 Å². The van der Waals surface area contributed by atoms with Crippen LogP contribution in [0, 0.1) is 5.82 Å². The minimum Gasteiger partial charge on any atom is -0.356 e. The molecule has 5 rings (SSSR count). The van der Waals surface area contributed by atoms with Crippen molar-refractivity contribution in [2.45, 2.75) is 51.5 Å². The highest BCUT2D eigenvalue weighted by atomic mass is 32.1. The van der Waals surface area contributed by atoms with Gasteiger partial charge in [0.2, 0.25) is 5.91 Å². The topological polar surface area (TPSA) is 66.7 Å². The van der Waals surface area contributed by atoms with E-state index in [1.54, 1.807) is 24.3 Å². The molecule has 2 aromatic heterocycles. The Hall–Kier alpha value is -2.58. The first kappa shape index (κ1) is 22.2. The smallest absolute Gasteiger partial charge is 0.219 e. The zero-order chi connectivity index (χ0) is 22.9. The van der Waals surface area contributed by atoms with Gasteiger partial charge < -0.3 is 14.3 Å². The van der Waals surface area contributed by atoms with Gasteiger partial charge in [0.05, 0.1) is 17.1 Å². The van der Waals surface area contributed by atoms with Crippen molar-refractivity contribution >= 4 is 34.0 Å². The lowest BCUT2D eigenvalue weighted by atomic mass is 9.91. The van der Waals surface area contributed by atoms with Crippen molar-refractivity contribution in [2.75, 3.05) is 26.2 Å². The molecule has 0 radical (unpaired) electrons. The molecule has 8 heteroatoms. The SMILES string of the molecule is CC(=O)N1CCc2cc(C(=O)CCCN3CCC(c4noc5cc(F)ccc45)CC3)sc2C1. The number of rotatable bonds is 6. The average molecular weight is 470 g/mol. The van der Waals surface area contributed by atoms with Crippen LogP contribution < -0.4 is 0 Å². The number of fused-ring (bicyclic) bond motifs is 2. The number of nitrogens with zero attached hydrogens (tertiary/aromatic N) is 3. The van der Waals surface area contributed by atoms with Gasteiger partial charge in [0.15, 0.2) is 11.4 Å². The standard InChI is InChI=1S/C25H28FN3O3S/c1-16(30)29-12-8-18-13-23(33-24(18)15-29)21(31)3-2-9-28-10-6-17(7-11-28)25-20-5-4-19(26)14-22(20)32-27-25/h4-5,13-14,17H,2-3,6-12,15H2,1H3. The third kappa shape index (κ3) is 4.73. The summed E-state index contributed by atoms with van der Waals surface area (Å²) in [6.07, 6.45) is 4.20. The van der Waals surface area contributed by atoms with Crippen LogP contribution >= 0.6 is 11.3 Å². The second kappa shape index (κ2) is 9.35. The maximum Gasteiger partial charge on any atom is 0.219 e. The molecule has 2 aliphatic rings. The Morgan fingerprint density at radius 2 is 2.03 bits per heavy atom. The summed E-state index contributed by atoms with van der Waals surface area (Å²) in [5.41, 5.74) is 2.67. The number of carbonyl (C=O) groups is 2. The number of likely N-dealkylation sites (tertiary alicyclic amines) is 1. The molecule has 4 heterocycles. The number of aromatic nitrogens is 1. The second-order valence-electron chi connectivity index (χ2n) is 9.10. The molecular weight excluding hydrogens is 441 g/mol. The van der Waals surface area contributed by atoms with E-state index < -0.39 is 0 Å². The minimum absolute atomic E-state index is 0.0938. The fourth-order valence-corrected chi connectivity index (χ4v) is 6.16. The molecule has 1 saturated heterocycles. The molecule has 0 saturated carbocycles. The molecule has 3 aromatic rings. The number of Topliss-reactive ketones (excluding diaryl/α,β-unsaturated/α-hetero) is 1. The average Bonchev–Trinajstić information content (AvgIpc) is 3.43. The first-order valence-corrected chi connectivity index (χ1v) is 12.5. The van der Waals surface area contributed by atoms with Gasteiger partial charge in [-0.05, 0) is 69.1 Å². The predicted octanol–water partition coefficient (Wildman–Crippen LogP) is 4.78. The van der Waals surface area contributed by atoms with E-state index in [2.05, 4.69) is 10.1 Å². The monoisotopic (exact) mass is 469 g/mol. The highest BCUT2D eigenvalue weighted by Crippen LogP contribution is 2.33. The summed E-state index contributed by atoms with van der Waals surface area (Å²) < 4.78 is 18.7. The van der Waals surface area contributed by atoms with Crippen molar-refractivity contribution in [1.82, 2.24) is 15.0 Å². The van der Waals surface area contributed by atoms with Crippen molar-refractivity contribution in [3.05, 3.63) is 51.1 Å². The highest BCUT2D eigenvalue weighted by Gasteiger charge is 2.26. The van der Waals surface area contributed by atoms with Crippen LogP contribution in [-0.2, 0) is 17.8 Å². The number of hydrogen-bond donors (Lipinski definition) is 0. The Labute approximate surface area is 196 Å². The van der Waals surface area contributed by atoms with E-state index in [9.17, 15) is 14.0 Å². The van der Waals surface area contributed by atoms with Crippen LogP contribution in [0.2, 0.25) is 0 Å². The third-order valence-electron chi connectivity index (χ3n) is 6.92. The molecule has 0 N–H and O–H groups in total. The first-order valence-electron chi connectivity index (χ1n) is 11.7. The summed E-state index contributed by atoms with van der Waals surface area (Å²) in [6, 6.07) is 6.65. The molecule has 174 valence electrons. The number of halogens is 1. The van der Waals surface area contributed by atoms with Crippen LogP contribution in [0.3, 0.4) is 0 Å². The number of carbonyl (C=O) groups excluding carboxylic acids is 2. The van der Waals surface area contributed by atoms with Crippen molar-refractivity contribution in [1.29, 1.82) is 0 Å². The molecule has 1 amide bonds. The van der Waals surface area contributed by atoms with Crippen molar-refractivity contribution in [3.63, 3.8) is 0 Å². The minimum atomic E-state index is -0.310. The lowest BCUT2D eigenvalue weighted by Crippen LogP contribution is -2.34. The summed E-state index contributed by atoms with van der Waals surface area (Å²) in [5, 5.41) is 5.13. The second-order valence-corrected chi connectivity index (χ2v) is 10.2. The maximum atomic E-state index is 13.4. The Bertz CT molecular complexity index is 1180. The normalized spacial score (nSPS) is 17.5. The van der Waals surface area contributed by atoms with Crippen molar-refractivity contribution < 1.29 is 18.5 Å². The van der Waals surface area contributed by atoms with E-state index in [0.717, 1.165) is 72.7 Å². The van der Waals surface area contributed by atoms with E-state index >= 15 is 0 Å². The molecule has 2 aliphatic heterocycles. The molecule has 1 aromatic carbocycles. The van der Waals surface area contributed by atoms with Gasteiger partial charge in [-0.15, -0.1) is 11.3 Å². The Balaban J connectivity index is 1.09. The lowest BCUT2D eigenvalue weighted by molar-refractivity contribution is -0.129. The Kier molecular flexibility index (Phi) is 6.29. The molecule has 0 unspecified atom stereocenters. The van der Waals surface area contributed by atoms with Crippen molar-refractivity contribution in [2.24, 2.45) is 0 Å². The number of benzene rings is 1. The fraction of sp³-hybridized carbons (Fsp3) is 0.480. The van der Waals surface area contributed by atoms with Gasteiger partial charge in [0.25, 0.3) is 0 Å². The van der Waals surface area contributed by atoms with Crippen LogP contribution in [0.25, 0.3) is 11.0 Å². The number of thiophene rings is 1. The zero-order valence-electron chi connectivity index (χ0n) is 18.8. The van der Waals surface area contributed by atoms with Crippen LogP contribution in [0.1, 0.15) is 64.3 Å². The van der Waals surface area contributed by atoms with E-state index in [1.807, 2.05) is 11.0 Å². The first-order chi connectivity index (χ1) is 16.0. The summed E-state index contributed by atoms with van der Waals surface area (Å²) >= 11 is 1.55. The number of amides is 1. The Morgan fingerprint density at radius 1 is 1.21 bits per heavy atom. The van der Waals surface area contributed by atoms with E-state index in [4.69, 9.17) is 4.52 Å². The van der Waals surface area contributed by atoms with Crippen LogP contribution in [0.5, 0.6) is 0 Å². The van der Waals surface area contributed by atoms with Gasteiger partial charge in [-0.2, -0.15) is 0 Å². The maximum absolute atomic E-state index is 13.4. The fourth-order valence-electron chi connectivity index (χ4n) is 4.97. The summed E-state index contributed by atoms with van der Waals surface area (Å²) in [7, 11) is 0. The summed E-state index contributed by atoms with van der Waals surface area (Å²) in [5.74, 6) is 0.313. The Morgan fingerprint density at radius 3 is 2.82 bits per heavy atom. The van der Waals surface area contributed by atoms with Crippen LogP contribution in [0.15, 0.2) is 28.8 Å². The van der Waals surface area contributed by atoms with E-state index in [1.165, 1.54) is 17.7 Å². The van der Waals surface area contributed by atoms with E-state index in [0.29, 0.717) is 24.5 Å².